The maximum atomic E-state index is 6.12. The van der Waals surface area contributed by atoms with E-state index in [0.717, 1.165) is 32.7 Å². The van der Waals surface area contributed by atoms with Crippen LogP contribution in [-0.4, -0.2) is 59.7 Å². The molecular formula is C13H22N4S2. The van der Waals surface area contributed by atoms with Gasteiger partial charge in [-0.2, -0.15) is 11.8 Å². The monoisotopic (exact) mass is 298 g/mol. The van der Waals surface area contributed by atoms with Gasteiger partial charge in [0.05, 0.1) is 0 Å². The molecule has 1 aromatic rings. The zero-order valence-electron chi connectivity index (χ0n) is 11.3. The average molecular weight is 298 g/mol. The van der Waals surface area contributed by atoms with Gasteiger partial charge < -0.3 is 10.6 Å². The highest BCUT2D eigenvalue weighted by molar-refractivity contribution is 7.99. The molecule has 6 heteroatoms. The lowest BCUT2D eigenvalue weighted by Gasteiger charge is -2.49. The summed E-state index contributed by atoms with van der Waals surface area (Å²) < 4.78 is 0. The Morgan fingerprint density at radius 2 is 2.16 bits per heavy atom. The van der Waals surface area contributed by atoms with Crippen molar-refractivity contribution in [2.75, 3.05) is 49.1 Å². The zero-order valence-corrected chi connectivity index (χ0v) is 12.9. The van der Waals surface area contributed by atoms with Crippen LogP contribution in [0.4, 0.5) is 5.13 Å². The van der Waals surface area contributed by atoms with E-state index in [1.165, 1.54) is 29.5 Å². The van der Waals surface area contributed by atoms with Gasteiger partial charge in [-0.25, -0.2) is 4.98 Å². The standard InChI is InChI=1S/C13H22N4S2/c14-10-13(2-1-8-18-11-13)17-6-4-16(5-7-17)12-15-3-9-19-12/h3,9H,1-2,4-8,10-11,14H2. The summed E-state index contributed by atoms with van der Waals surface area (Å²) in [6, 6.07) is 0. The highest BCUT2D eigenvalue weighted by Crippen LogP contribution is 2.32. The van der Waals surface area contributed by atoms with Crippen LogP contribution in [0.2, 0.25) is 0 Å². The van der Waals surface area contributed by atoms with Crippen molar-refractivity contribution < 1.29 is 0 Å². The molecule has 19 heavy (non-hydrogen) atoms. The second-order valence-corrected chi connectivity index (χ2v) is 7.35. The van der Waals surface area contributed by atoms with Gasteiger partial charge in [0.2, 0.25) is 0 Å². The lowest BCUT2D eigenvalue weighted by Crippen LogP contribution is -2.62. The Kier molecular flexibility index (Phi) is 4.31. The molecule has 0 bridgehead atoms. The van der Waals surface area contributed by atoms with E-state index in [1.807, 2.05) is 6.20 Å². The number of hydrogen-bond acceptors (Lipinski definition) is 6. The smallest absolute Gasteiger partial charge is 0.185 e. The van der Waals surface area contributed by atoms with Crippen LogP contribution >= 0.6 is 23.1 Å². The number of piperazine rings is 1. The Morgan fingerprint density at radius 1 is 1.32 bits per heavy atom. The van der Waals surface area contributed by atoms with Gasteiger partial charge in [-0.3, -0.25) is 4.90 Å². The molecule has 1 atom stereocenters. The summed E-state index contributed by atoms with van der Waals surface area (Å²) in [4.78, 5) is 9.46. The molecule has 3 rings (SSSR count). The highest BCUT2D eigenvalue weighted by Gasteiger charge is 2.38. The number of rotatable bonds is 3. The molecule has 0 aliphatic carbocycles. The number of anilines is 1. The predicted molar refractivity (Wildman–Crippen MR) is 84.2 cm³/mol. The first-order chi connectivity index (χ1) is 9.34. The van der Waals surface area contributed by atoms with Crippen LogP contribution in [0, 0.1) is 0 Å². The van der Waals surface area contributed by atoms with E-state index in [4.69, 9.17) is 5.73 Å². The Balaban J connectivity index is 1.62. The SMILES string of the molecule is NCC1(N2CCN(c3nccs3)CC2)CCCSC1. The fourth-order valence-electron chi connectivity index (χ4n) is 3.12. The third-order valence-electron chi connectivity index (χ3n) is 4.32. The molecule has 2 aliphatic rings. The van der Waals surface area contributed by atoms with Gasteiger partial charge in [-0.05, 0) is 18.6 Å². The van der Waals surface area contributed by atoms with Gasteiger partial charge in [0.25, 0.3) is 0 Å². The van der Waals surface area contributed by atoms with Crippen LogP contribution in [0.25, 0.3) is 0 Å². The minimum absolute atomic E-state index is 0.262. The van der Waals surface area contributed by atoms with Crippen molar-refractivity contribution in [1.82, 2.24) is 9.88 Å². The number of nitrogens with two attached hydrogens (primary N) is 1. The molecule has 0 spiro atoms. The number of hydrogen-bond donors (Lipinski definition) is 1. The van der Waals surface area contributed by atoms with Gasteiger partial charge in [0.1, 0.15) is 0 Å². The third kappa shape index (κ3) is 2.77. The largest absolute Gasteiger partial charge is 0.346 e. The zero-order chi connectivity index (χ0) is 13.1. The van der Waals surface area contributed by atoms with Crippen LogP contribution in [-0.2, 0) is 0 Å². The number of thioether (sulfide) groups is 1. The molecule has 0 saturated carbocycles. The van der Waals surface area contributed by atoms with Gasteiger partial charge >= 0.3 is 0 Å². The minimum atomic E-state index is 0.262. The van der Waals surface area contributed by atoms with E-state index in [-0.39, 0.29) is 5.54 Å². The molecule has 2 aliphatic heterocycles. The molecular weight excluding hydrogens is 276 g/mol. The second-order valence-electron chi connectivity index (χ2n) is 5.37. The summed E-state index contributed by atoms with van der Waals surface area (Å²) in [6.45, 7) is 5.21. The van der Waals surface area contributed by atoms with E-state index in [1.54, 1.807) is 11.3 Å². The molecule has 0 amide bonds. The Labute approximate surface area is 123 Å². The third-order valence-corrected chi connectivity index (χ3v) is 6.47. The van der Waals surface area contributed by atoms with Crippen LogP contribution in [0.5, 0.6) is 0 Å². The first kappa shape index (κ1) is 13.7. The van der Waals surface area contributed by atoms with Crippen LogP contribution in [0.1, 0.15) is 12.8 Å². The molecule has 106 valence electrons. The lowest BCUT2D eigenvalue weighted by atomic mass is 9.92. The van der Waals surface area contributed by atoms with Gasteiger partial charge in [0, 0.05) is 55.6 Å². The molecule has 2 saturated heterocycles. The van der Waals surface area contributed by atoms with E-state index in [9.17, 15) is 0 Å². The van der Waals surface area contributed by atoms with Crippen molar-refractivity contribution in [3.8, 4) is 0 Å². The molecule has 0 aromatic carbocycles. The molecule has 0 radical (unpaired) electrons. The van der Waals surface area contributed by atoms with Crippen LogP contribution in [0.3, 0.4) is 0 Å². The van der Waals surface area contributed by atoms with Crippen molar-refractivity contribution >= 4 is 28.2 Å². The van der Waals surface area contributed by atoms with Crippen molar-refractivity contribution in [1.29, 1.82) is 0 Å². The normalized spacial score (nSPS) is 29.6. The van der Waals surface area contributed by atoms with E-state index in [0.29, 0.717) is 0 Å². The van der Waals surface area contributed by atoms with Gasteiger partial charge in [-0.15, -0.1) is 11.3 Å². The lowest BCUT2D eigenvalue weighted by molar-refractivity contribution is 0.0954. The highest BCUT2D eigenvalue weighted by atomic mass is 32.2. The Bertz CT molecular complexity index is 381. The van der Waals surface area contributed by atoms with Gasteiger partial charge in [-0.1, -0.05) is 0 Å². The summed E-state index contributed by atoms with van der Waals surface area (Å²) in [5.74, 6) is 2.52. The molecule has 4 nitrogen and oxygen atoms in total. The first-order valence-electron chi connectivity index (χ1n) is 7.01. The van der Waals surface area contributed by atoms with Crippen LogP contribution in [0.15, 0.2) is 11.6 Å². The molecule has 3 heterocycles. The summed E-state index contributed by atoms with van der Waals surface area (Å²) in [6.07, 6.45) is 4.48. The maximum Gasteiger partial charge on any atom is 0.185 e. The average Bonchev–Trinajstić information content (AvgIpc) is 3.02. The summed E-state index contributed by atoms with van der Waals surface area (Å²) in [7, 11) is 0. The summed E-state index contributed by atoms with van der Waals surface area (Å²) >= 11 is 3.81. The summed E-state index contributed by atoms with van der Waals surface area (Å²) in [5, 5.41) is 3.22. The Hall–Kier alpha value is -0.300. The molecule has 2 N–H and O–H groups in total. The predicted octanol–water partition coefficient (Wildman–Crippen LogP) is 1.49. The van der Waals surface area contributed by atoms with Crippen molar-refractivity contribution in [3.63, 3.8) is 0 Å². The number of thiazole rings is 1. The summed E-state index contributed by atoms with van der Waals surface area (Å²) in [5.41, 5.74) is 6.38. The van der Waals surface area contributed by atoms with Crippen molar-refractivity contribution in [3.05, 3.63) is 11.6 Å². The topological polar surface area (TPSA) is 45.4 Å². The Morgan fingerprint density at radius 3 is 2.74 bits per heavy atom. The molecule has 2 fully saturated rings. The van der Waals surface area contributed by atoms with E-state index >= 15 is 0 Å². The number of nitrogens with zero attached hydrogens (tertiary/aromatic N) is 3. The fourth-order valence-corrected chi connectivity index (χ4v) is 5.14. The quantitative estimate of drug-likeness (QED) is 0.916. The fraction of sp³-hybridized carbons (Fsp3) is 0.769. The van der Waals surface area contributed by atoms with Crippen molar-refractivity contribution in [2.45, 2.75) is 18.4 Å². The number of aromatic nitrogens is 1. The van der Waals surface area contributed by atoms with Crippen molar-refractivity contribution in [2.24, 2.45) is 5.73 Å². The van der Waals surface area contributed by atoms with Crippen LogP contribution < -0.4 is 10.6 Å². The van der Waals surface area contributed by atoms with E-state index in [2.05, 4.69) is 31.9 Å². The van der Waals surface area contributed by atoms with Gasteiger partial charge in [0.15, 0.2) is 5.13 Å². The van der Waals surface area contributed by atoms with E-state index < -0.39 is 0 Å². The second kappa shape index (κ2) is 5.99. The minimum Gasteiger partial charge on any atom is -0.346 e. The molecule has 1 unspecified atom stereocenters. The first-order valence-corrected chi connectivity index (χ1v) is 9.05. The maximum absolute atomic E-state index is 6.12. The molecule has 1 aromatic heterocycles.